The van der Waals surface area contributed by atoms with Gasteiger partial charge in [0.1, 0.15) is 10.7 Å². The molecule has 0 aromatic carbocycles. The molecule has 1 amide bonds. The van der Waals surface area contributed by atoms with E-state index in [2.05, 4.69) is 25.2 Å². The first-order chi connectivity index (χ1) is 13.0. The number of anilines is 1. The highest BCUT2D eigenvalue weighted by Gasteiger charge is 2.36. The van der Waals surface area contributed by atoms with Crippen LogP contribution in [0.2, 0.25) is 5.02 Å². The van der Waals surface area contributed by atoms with Crippen molar-refractivity contribution in [2.24, 2.45) is 7.05 Å². The molecule has 0 radical (unpaired) electrons. The van der Waals surface area contributed by atoms with Crippen LogP contribution >= 0.6 is 11.6 Å². The third-order valence-corrected chi connectivity index (χ3v) is 3.97. The topological polar surface area (TPSA) is 103 Å². The van der Waals surface area contributed by atoms with Crippen LogP contribution in [-0.4, -0.2) is 43.4 Å². The Morgan fingerprint density at radius 2 is 1.93 bits per heavy atom. The Balaban J connectivity index is 2.07. The second-order valence-electron chi connectivity index (χ2n) is 5.69. The average Bonchev–Trinajstić information content (AvgIpc) is 3.13. The Kier molecular flexibility index (Phi) is 4.75. The van der Waals surface area contributed by atoms with Gasteiger partial charge in [0.15, 0.2) is 17.0 Å². The average molecular weight is 417 g/mol. The molecule has 13 heteroatoms. The number of nitrogens with one attached hydrogen (secondary N) is 1. The maximum Gasteiger partial charge on any atom is 0.433 e. The molecule has 0 saturated heterocycles. The summed E-state index contributed by atoms with van der Waals surface area (Å²) < 4.78 is 46.1. The van der Waals surface area contributed by atoms with Gasteiger partial charge in [-0.1, -0.05) is 11.6 Å². The summed E-state index contributed by atoms with van der Waals surface area (Å²) in [6.07, 6.45) is -3.42. The molecular formula is C15H12ClF3N6O3. The molecule has 0 spiro atoms. The van der Waals surface area contributed by atoms with Crippen molar-refractivity contribution in [3.63, 3.8) is 0 Å². The van der Waals surface area contributed by atoms with Crippen LogP contribution in [0.1, 0.15) is 32.4 Å². The van der Waals surface area contributed by atoms with E-state index in [9.17, 15) is 22.8 Å². The number of fused-ring (bicyclic) bond motifs is 1. The Bertz CT molecular complexity index is 1100. The minimum absolute atomic E-state index is 0.0207. The third-order valence-electron chi connectivity index (χ3n) is 3.62. The van der Waals surface area contributed by atoms with E-state index in [1.807, 2.05) is 0 Å². The van der Waals surface area contributed by atoms with E-state index in [-0.39, 0.29) is 27.7 Å². The molecule has 0 fully saturated rings. The molecule has 0 unspecified atom stereocenters. The maximum atomic E-state index is 13.3. The van der Waals surface area contributed by atoms with Gasteiger partial charge in [-0.15, -0.1) is 0 Å². The number of nitrogens with zero attached hydrogens (tertiary/aromatic N) is 5. The molecule has 1 N–H and O–H groups in total. The van der Waals surface area contributed by atoms with Crippen molar-refractivity contribution >= 4 is 34.8 Å². The van der Waals surface area contributed by atoms with E-state index in [4.69, 9.17) is 11.6 Å². The molecule has 0 bridgehead atoms. The molecule has 28 heavy (non-hydrogen) atoms. The Morgan fingerprint density at radius 3 is 2.54 bits per heavy atom. The first kappa shape index (κ1) is 19.6. The van der Waals surface area contributed by atoms with Crippen molar-refractivity contribution in [3.05, 3.63) is 40.1 Å². The van der Waals surface area contributed by atoms with Crippen LogP contribution in [0.4, 0.5) is 18.9 Å². The fraction of sp³-hybridized carbons (Fsp3) is 0.267. The Hall–Kier alpha value is -3.15. The highest BCUT2D eigenvalue weighted by molar-refractivity contribution is 6.37. The first-order valence-corrected chi connectivity index (χ1v) is 7.97. The quantitative estimate of drug-likeness (QED) is 0.658. The minimum atomic E-state index is -4.74. The zero-order chi connectivity index (χ0) is 20.8. The van der Waals surface area contributed by atoms with Gasteiger partial charge < -0.3 is 10.1 Å². The number of aromatic nitrogens is 5. The van der Waals surface area contributed by atoms with Gasteiger partial charge in [0.05, 0.1) is 12.8 Å². The number of hydrogen-bond acceptors (Lipinski definition) is 6. The smallest absolute Gasteiger partial charge is 0.433 e. The van der Waals surface area contributed by atoms with Crippen molar-refractivity contribution < 1.29 is 27.5 Å². The second kappa shape index (κ2) is 6.78. The monoisotopic (exact) mass is 416 g/mol. The first-order valence-electron chi connectivity index (χ1n) is 7.59. The van der Waals surface area contributed by atoms with Crippen LogP contribution in [-0.2, 0) is 18.0 Å². The molecule has 3 aromatic heterocycles. The third kappa shape index (κ3) is 3.38. The molecule has 0 aliphatic rings. The molecule has 0 aliphatic carbocycles. The summed E-state index contributed by atoms with van der Waals surface area (Å²) in [5.41, 5.74) is -2.11. The summed E-state index contributed by atoms with van der Waals surface area (Å²) in [5.74, 6) is -1.76. The molecule has 148 valence electrons. The highest BCUT2D eigenvalue weighted by atomic mass is 35.5. The number of carbonyl (C=O) groups is 2. The van der Waals surface area contributed by atoms with E-state index < -0.39 is 29.4 Å². The standard InChI is InChI=1S/C15H12ClF3N6O3/c1-6-4-8(15(17,18)19)25-12(20-6)9(16)11(23-25)13(26)21-7-5-24(2)22-10(7)14(27)28-3/h4-5H,1-3H3,(H,21,26). The van der Waals surface area contributed by atoms with Crippen LogP contribution < -0.4 is 5.32 Å². The van der Waals surface area contributed by atoms with Crippen LogP contribution in [0.15, 0.2) is 12.3 Å². The number of esters is 1. The van der Waals surface area contributed by atoms with E-state index in [1.54, 1.807) is 0 Å². The van der Waals surface area contributed by atoms with Gasteiger partial charge in [-0.05, 0) is 13.0 Å². The van der Waals surface area contributed by atoms with Crippen LogP contribution in [0.25, 0.3) is 5.65 Å². The van der Waals surface area contributed by atoms with Crippen LogP contribution in [0.5, 0.6) is 0 Å². The zero-order valence-corrected chi connectivity index (χ0v) is 15.4. The van der Waals surface area contributed by atoms with Crippen molar-refractivity contribution in [1.29, 1.82) is 0 Å². The number of amides is 1. The second-order valence-corrected chi connectivity index (χ2v) is 6.07. The van der Waals surface area contributed by atoms with Gasteiger partial charge in [0.25, 0.3) is 5.91 Å². The SMILES string of the molecule is COC(=O)c1nn(C)cc1NC(=O)c1nn2c(C(F)(F)F)cc(C)nc2c1Cl. The van der Waals surface area contributed by atoms with Crippen LogP contribution in [0, 0.1) is 6.92 Å². The summed E-state index contributed by atoms with van der Waals surface area (Å²) >= 11 is 6.06. The molecular weight excluding hydrogens is 405 g/mol. The lowest BCUT2D eigenvalue weighted by Crippen LogP contribution is -2.17. The number of carbonyl (C=O) groups excluding carboxylic acids is 2. The van der Waals surface area contributed by atoms with Gasteiger partial charge in [0, 0.05) is 18.9 Å². The highest BCUT2D eigenvalue weighted by Crippen LogP contribution is 2.32. The number of aryl methyl sites for hydroxylation is 2. The number of alkyl halides is 3. The van der Waals surface area contributed by atoms with Gasteiger partial charge in [-0.25, -0.2) is 14.3 Å². The summed E-state index contributed by atoms with van der Waals surface area (Å²) in [4.78, 5) is 28.2. The van der Waals surface area contributed by atoms with Gasteiger partial charge in [-0.3, -0.25) is 9.48 Å². The number of rotatable bonds is 3. The van der Waals surface area contributed by atoms with Crippen molar-refractivity contribution in [3.8, 4) is 0 Å². The lowest BCUT2D eigenvalue weighted by atomic mass is 10.3. The summed E-state index contributed by atoms with van der Waals surface area (Å²) in [7, 11) is 2.64. The molecule has 0 atom stereocenters. The largest absolute Gasteiger partial charge is 0.464 e. The normalized spacial score (nSPS) is 11.7. The predicted octanol–water partition coefficient (Wildman–Crippen LogP) is 2.48. The number of hydrogen-bond donors (Lipinski definition) is 1. The fourth-order valence-corrected chi connectivity index (χ4v) is 2.71. The van der Waals surface area contributed by atoms with Crippen molar-refractivity contribution in [1.82, 2.24) is 24.4 Å². The summed E-state index contributed by atoms with van der Waals surface area (Å²) in [6, 6.07) is 0.786. The van der Waals surface area contributed by atoms with Crippen molar-refractivity contribution in [2.75, 3.05) is 12.4 Å². The molecule has 0 aliphatic heterocycles. The van der Waals surface area contributed by atoms with E-state index >= 15 is 0 Å². The lowest BCUT2D eigenvalue weighted by molar-refractivity contribution is -0.142. The van der Waals surface area contributed by atoms with Gasteiger partial charge in [0.2, 0.25) is 0 Å². The molecule has 3 aromatic rings. The molecule has 3 heterocycles. The zero-order valence-electron chi connectivity index (χ0n) is 14.6. The summed E-state index contributed by atoms with van der Waals surface area (Å²) in [6.45, 7) is 1.36. The number of ether oxygens (including phenoxy) is 1. The van der Waals surface area contributed by atoms with Crippen molar-refractivity contribution in [2.45, 2.75) is 13.1 Å². The molecule has 9 nitrogen and oxygen atoms in total. The fourth-order valence-electron chi connectivity index (χ4n) is 2.47. The van der Waals surface area contributed by atoms with Gasteiger partial charge >= 0.3 is 12.1 Å². The summed E-state index contributed by atoms with van der Waals surface area (Å²) in [5, 5.41) is 9.50. The van der Waals surface area contributed by atoms with E-state index in [0.29, 0.717) is 4.52 Å². The predicted molar refractivity (Wildman–Crippen MR) is 90.2 cm³/mol. The van der Waals surface area contributed by atoms with Gasteiger partial charge in [-0.2, -0.15) is 23.4 Å². The minimum Gasteiger partial charge on any atom is -0.464 e. The maximum absolute atomic E-state index is 13.3. The Morgan fingerprint density at radius 1 is 1.25 bits per heavy atom. The lowest BCUT2D eigenvalue weighted by Gasteiger charge is -2.09. The van der Waals surface area contributed by atoms with E-state index in [1.165, 1.54) is 24.9 Å². The molecule has 3 rings (SSSR count). The Labute approximate surface area is 160 Å². The van der Waals surface area contributed by atoms with E-state index in [0.717, 1.165) is 13.2 Å². The number of methoxy groups -OCH3 is 1. The van der Waals surface area contributed by atoms with Crippen LogP contribution in [0.3, 0.4) is 0 Å². The molecule has 0 saturated carbocycles. The number of halogens is 4.